The maximum Gasteiger partial charge on any atom is 0.303 e. The maximum absolute atomic E-state index is 13.2. The number of ether oxygens (including phenoxy) is 14. The average Bonchev–Trinajstić information content (AvgIpc) is 3.29. The molecule has 2 aromatic carbocycles. The van der Waals surface area contributed by atoms with Crippen LogP contribution in [0, 0.1) is 0 Å². The second kappa shape index (κ2) is 27.1. The first-order valence-electron chi connectivity index (χ1n) is 22.8. The average molecular weight is 1020 g/mol. The van der Waals surface area contributed by atoms with Gasteiger partial charge in [-0.15, -0.1) is 0 Å². The first-order chi connectivity index (χ1) is 34.2. The van der Waals surface area contributed by atoms with Crippen LogP contribution >= 0.6 is 0 Å². The van der Waals surface area contributed by atoms with Crippen molar-refractivity contribution in [1.29, 1.82) is 0 Å². The van der Waals surface area contributed by atoms with Gasteiger partial charge in [-0.25, -0.2) is 0 Å². The van der Waals surface area contributed by atoms with Gasteiger partial charge >= 0.3 is 41.8 Å². The summed E-state index contributed by atoms with van der Waals surface area (Å²) >= 11 is 0. The molecule has 2 aromatic rings. The Morgan fingerprint density at radius 3 is 1.29 bits per heavy atom. The van der Waals surface area contributed by atoms with Gasteiger partial charge in [0.15, 0.2) is 49.4 Å². The molecule has 3 saturated heterocycles. The predicted octanol–water partition coefficient (Wildman–Crippen LogP) is 1.02. The normalized spacial score (nSPS) is 30.1. The number of carbonyl (C=O) groups is 8. The van der Waals surface area contributed by atoms with Crippen molar-refractivity contribution in [2.45, 2.75) is 161 Å². The molecule has 3 aliphatic rings. The van der Waals surface area contributed by atoms with Crippen molar-refractivity contribution in [3.63, 3.8) is 0 Å². The van der Waals surface area contributed by atoms with Gasteiger partial charge in [0.05, 0.1) is 19.8 Å². The van der Waals surface area contributed by atoms with Gasteiger partial charge in [0.2, 0.25) is 5.91 Å². The summed E-state index contributed by atoms with van der Waals surface area (Å²) < 4.78 is 83.4. The molecule has 0 aromatic heterocycles. The summed E-state index contributed by atoms with van der Waals surface area (Å²) in [6.45, 7) is 6.82. The van der Waals surface area contributed by atoms with Crippen LogP contribution in [-0.2, 0) is 118 Å². The summed E-state index contributed by atoms with van der Waals surface area (Å²) in [4.78, 5) is 101. The van der Waals surface area contributed by atoms with E-state index in [1.54, 1.807) is 30.3 Å². The van der Waals surface area contributed by atoms with Gasteiger partial charge in [0, 0.05) is 55.4 Å². The summed E-state index contributed by atoms with van der Waals surface area (Å²) in [5.41, 5.74) is 1.46. The van der Waals surface area contributed by atoms with Crippen molar-refractivity contribution in [1.82, 2.24) is 5.32 Å². The van der Waals surface area contributed by atoms with Crippen molar-refractivity contribution < 1.29 is 110 Å². The summed E-state index contributed by atoms with van der Waals surface area (Å²) in [5, 5.41) is 14.1. The Morgan fingerprint density at radius 1 is 0.458 bits per heavy atom. The Hall–Kier alpha value is -6.12. The Labute approximate surface area is 414 Å². The molecule has 3 aliphatic heterocycles. The van der Waals surface area contributed by atoms with Gasteiger partial charge in [-0.1, -0.05) is 60.7 Å². The van der Waals surface area contributed by atoms with Crippen LogP contribution in [0.2, 0.25) is 0 Å². The first kappa shape index (κ1) is 56.8. The second-order valence-corrected chi connectivity index (χ2v) is 16.8. The van der Waals surface area contributed by atoms with E-state index < -0.39 is 153 Å². The lowest BCUT2D eigenvalue weighted by molar-refractivity contribution is -0.376. The molecule has 396 valence electrons. The van der Waals surface area contributed by atoms with Crippen molar-refractivity contribution in [2.75, 3.05) is 19.8 Å². The largest absolute Gasteiger partial charge is 0.463 e. The smallest absolute Gasteiger partial charge is 0.303 e. The SMILES string of the molecule is CC(=O)N[C@H]1[C@@H](OCc2ccccc2)[C@H](O[C@@H]2O[C@H](COC(C)=O)[C@H](O[C@@H]3O[C@H](COC(C)=O)[C@H](OC(C)=O)[C@H](OC(C)=O)[C@H]3OC(C)=O)[C@H](OC(C)=O)[C@H]2OC(C)=O)[C@@H](COCc2ccccc2)O[C@@H]1O. The number of benzene rings is 2. The molecule has 0 aliphatic carbocycles. The van der Waals surface area contributed by atoms with Crippen molar-refractivity contribution in [2.24, 2.45) is 0 Å². The summed E-state index contributed by atoms with van der Waals surface area (Å²) in [6.07, 6.45) is -23.1. The number of amides is 1. The molecule has 5 rings (SSSR count). The van der Waals surface area contributed by atoms with Crippen LogP contribution in [0.25, 0.3) is 0 Å². The first-order valence-corrected chi connectivity index (χ1v) is 22.8. The maximum atomic E-state index is 13.2. The number of hydrogen-bond acceptors (Lipinski definition) is 23. The fourth-order valence-electron chi connectivity index (χ4n) is 8.18. The van der Waals surface area contributed by atoms with Crippen LogP contribution in [0.15, 0.2) is 60.7 Å². The number of hydrogen-bond donors (Lipinski definition) is 2. The minimum atomic E-state index is -1.93. The highest BCUT2D eigenvalue weighted by molar-refractivity contribution is 5.73. The Kier molecular flexibility index (Phi) is 21.4. The molecule has 15 atom stereocenters. The summed E-state index contributed by atoms with van der Waals surface area (Å²) in [6, 6.07) is 16.7. The predicted molar refractivity (Wildman–Crippen MR) is 238 cm³/mol. The molecule has 0 bridgehead atoms. The van der Waals surface area contributed by atoms with E-state index in [2.05, 4.69) is 5.32 Å². The van der Waals surface area contributed by atoms with Crippen LogP contribution in [-0.4, -0.2) is 165 Å². The zero-order valence-corrected chi connectivity index (χ0v) is 40.9. The molecular formula is C48H61NO23. The van der Waals surface area contributed by atoms with Crippen molar-refractivity contribution in [3.05, 3.63) is 71.8 Å². The highest BCUT2D eigenvalue weighted by Crippen LogP contribution is 2.38. The van der Waals surface area contributed by atoms with Crippen LogP contribution < -0.4 is 5.32 Å². The lowest BCUT2D eigenvalue weighted by atomic mass is 9.94. The highest BCUT2D eigenvalue weighted by atomic mass is 16.8. The van der Waals surface area contributed by atoms with E-state index in [9.17, 15) is 43.5 Å². The number of carbonyl (C=O) groups excluding carboxylic acids is 8. The molecule has 0 radical (unpaired) electrons. The van der Waals surface area contributed by atoms with Crippen LogP contribution in [0.3, 0.4) is 0 Å². The Bertz CT molecular complexity index is 2160. The van der Waals surface area contributed by atoms with E-state index in [0.29, 0.717) is 5.56 Å². The van der Waals surface area contributed by atoms with Crippen molar-refractivity contribution in [3.8, 4) is 0 Å². The Balaban J connectivity index is 1.63. The lowest BCUT2D eigenvalue weighted by Crippen LogP contribution is -2.69. The second-order valence-electron chi connectivity index (χ2n) is 16.8. The van der Waals surface area contributed by atoms with Gasteiger partial charge in [-0.3, -0.25) is 38.4 Å². The fourth-order valence-corrected chi connectivity index (χ4v) is 8.18. The standard InChI is InChI=1S/C48H61NO23/c1-24(50)49-37-41(62-20-33-17-13-10-14-18-33)38(34(68-46(37)58)21-59-19-32-15-11-9-12-16-32)71-47-45(67-31(8)57)43(65-29(6)55)40(36(70-47)23-61-26(3)52)72-48-44(66-30(7)56)42(64-28(5)54)39(63-27(4)53)35(69-48)22-60-25(2)51/h9-18,34-48,58H,19-23H2,1-8H3,(H,49,50)/t34-,35-,36-,37+,38-,39+,40+,41-,42+,43+,44-,45-,46+,47+,48+/m1/s1. The van der Waals surface area contributed by atoms with Crippen LogP contribution in [0.1, 0.15) is 66.5 Å². The number of aliphatic hydroxyl groups excluding tert-OH is 1. The molecule has 3 heterocycles. The van der Waals surface area contributed by atoms with Gasteiger partial charge in [0.1, 0.15) is 55.9 Å². The Morgan fingerprint density at radius 2 is 0.847 bits per heavy atom. The quantitative estimate of drug-likeness (QED) is 0.130. The van der Waals surface area contributed by atoms with E-state index >= 15 is 0 Å². The molecule has 0 spiro atoms. The number of rotatable bonds is 21. The minimum Gasteiger partial charge on any atom is -0.463 e. The molecular weight excluding hydrogens is 959 g/mol. The summed E-state index contributed by atoms with van der Waals surface area (Å²) in [7, 11) is 0. The summed E-state index contributed by atoms with van der Waals surface area (Å²) in [5.74, 6) is -6.98. The topological polar surface area (TPSA) is 298 Å². The molecule has 2 N–H and O–H groups in total. The van der Waals surface area contributed by atoms with E-state index in [-0.39, 0.29) is 19.8 Å². The van der Waals surface area contributed by atoms with E-state index in [4.69, 9.17) is 66.3 Å². The minimum absolute atomic E-state index is 0.0709. The zero-order chi connectivity index (χ0) is 52.6. The van der Waals surface area contributed by atoms with Gasteiger partial charge in [-0.2, -0.15) is 0 Å². The van der Waals surface area contributed by atoms with Gasteiger partial charge in [0.25, 0.3) is 0 Å². The molecule has 0 saturated carbocycles. The third kappa shape index (κ3) is 16.7. The van der Waals surface area contributed by atoms with Crippen LogP contribution in [0.5, 0.6) is 0 Å². The lowest BCUT2D eigenvalue weighted by Gasteiger charge is -2.50. The molecule has 0 unspecified atom stereocenters. The number of aliphatic hydroxyl groups is 1. The van der Waals surface area contributed by atoms with E-state index in [1.807, 2.05) is 30.3 Å². The number of nitrogens with one attached hydrogen (secondary N) is 1. The van der Waals surface area contributed by atoms with E-state index in [1.165, 1.54) is 6.92 Å². The highest BCUT2D eigenvalue weighted by Gasteiger charge is 2.59. The number of esters is 7. The van der Waals surface area contributed by atoms with Gasteiger partial charge < -0.3 is 76.7 Å². The molecule has 24 nitrogen and oxygen atoms in total. The third-order valence-corrected chi connectivity index (χ3v) is 10.9. The molecule has 3 fully saturated rings. The van der Waals surface area contributed by atoms with Crippen molar-refractivity contribution >= 4 is 47.7 Å². The van der Waals surface area contributed by atoms with E-state index in [0.717, 1.165) is 54.0 Å². The third-order valence-electron chi connectivity index (χ3n) is 10.9. The molecule has 72 heavy (non-hydrogen) atoms. The van der Waals surface area contributed by atoms with Gasteiger partial charge in [-0.05, 0) is 11.1 Å². The fraction of sp³-hybridized carbons (Fsp3) is 0.583. The monoisotopic (exact) mass is 1020 g/mol. The zero-order valence-electron chi connectivity index (χ0n) is 40.9. The molecule has 24 heteroatoms. The van der Waals surface area contributed by atoms with Crippen LogP contribution in [0.4, 0.5) is 0 Å². The molecule has 1 amide bonds.